The van der Waals surface area contributed by atoms with Crippen LogP contribution in [-0.4, -0.2) is 25.7 Å². The van der Waals surface area contributed by atoms with Gasteiger partial charge in [0.05, 0.1) is 12.7 Å². The van der Waals surface area contributed by atoms with Crippen molar-refractivity contribution in [1.29, 1.82) is 0 Å². The Morgan fingerprint density at radius 2 is 2.00 bits per heavy atom. The second-order valence-corrected chi connectivity index (χ2v) is 8.29. The fraction of sp³-hybridized carbons (Fsp3) is 0.292. The molecule has 0 aliphatic carbocycles. The minimum absolute atomic E-state index is 0.196. The molecule has 3 heterocycles. The van der Waals surface area contributed by atoms with Crippen LogP contribution in [0.15, 0.2) is 58.9 Å². The summed E-state index contributed by atoms with van der Waals surface area (Å²) >= 11 is 5.35. The molecule has 1 aliphatic rings. The second kappa shape index (κ2) is 9.40. The summed E-state index contributed by atoms with van der Waals surface area (Å²) in [5, 5.41) is 7.58. The number of aromatic nitrogens is 2. The molecule has 32 heavy (non-hydrogen) atoms. The van der Waals surface area contributed by atoms with Gasteiger partial charge in [-0.15, -0.1) is 0 Å². The molecule has 0 spiro atoms. The lowest BCUT2D eigenvalue weighted by Gasteiger charge is -2.12. The largest absolute Gasteiger partial charge is 0.486 e. The molecule has 2 aromatic heterocycles. The van der Waals surface area contributed by atoms with Crippen LogP contribution in [0, 0.1) is 0 Å². The SMILES string of the molecule is CCn1cc(CN2C(=O)/C(=C\c3ccc(COc4ccc(C(C)C)cc4)o3)NC2=S)cn1. The van der Waals surface area contributed by atoms with Crippen molar-refractivity contribution in [3.05, 3.63) is 77.1 Å². The van der Waals surface area contributed by atoms with Crippen molar-refractivity contribution in [3.63, 3.8) is 0 Å². The summed E-state index contributed by atoms with van der Waals surface area (Å²) in [5.41, 5.74) is 2.57. The number of ether oxygens (including phenoxy) is 1. The standard InChI is InChI=1S/C24H26N4O3S/c1-4-27-13-17(12-25-27)14-28-23(29)22(26-24(28)32)11-20-9-10-21(31-20)15-30-19-7-5-18(6-8-19)16(2)3/h5-13,16H,4,14-15H2,1-3H3,(H,26,32)/b22-11+. The summed E-state index contributed by atoms with van der Waals surface area (Å²) in [4.78, 5) is 14.3. The van der Waals surface area contributed by atoms with Crippen molar-refractivity contribution in [2.45, 2.75) is 46.4 Å². The van der Waals surface area contributed by atoms with E-state index in [1.807, 2.05) is 36.0 Å². The average Bonchev–Trinajstić information content (AvgIpc) is 3.49. The van der Waals surface area contributed by atoms with Crippen molar-refractivity contribution < 1.29 is 13.9 Å². The molecule has 0 saturated carbocycles. The van der Waals surface area contributed by atoms with Crippen LogP contribution < -0.4 is 10.1 Å². The predicted octanol–water partition coefficient (Wildman–Crippen LogP) is 4.46. The Balaban J connectivity index is 1.37. The van der Waals surface area contributed by atoms with Crippen molar-refractivity contribution in [2.24, 2.45) is 0 Å². The van der Waals surface area contributed by atoms with Crippen LogP contribution in [0.3, 0.4) is 0 Å². The molecular weight excluding hydrogens is 424 g/mol. The smallest absolute Gasteiger partial charge is 0.276 e. The maximum Gasteiger partial charge on any atom is 0.276 e. The van der Waals surface area contributed by atoms with Gasteiger partial charge in [0.1, 0.15) is 29.6 Å². The van der Waals surface area contributed by atoms with Crippen LogP contribution in [0.4, 0.5) is 0 Å². The molecule has 3 aromatic rings. The Labute approximate surface area is 192 Å². The molecule has 1 aliphatic heterocycles. The maximum atomic E-state index is 12.8. The van der Waals surface area contributed by atoms with Gasteiger partial charge in [-0.05, 0) is 54.9 Å². The Hall–Kier alpha value is -3.39. The number of amides is 1. The number of furan rings is 1. The number of benzene rings is 1. The molecule has 166 valence electrons. The zero-order valence-electron chi connectivity index (χ0n) is 18.4. The van der Waals surface area contributed by atoms with Gasteiger partial charge in [0, 0.05) is 24.4 Å². The third-order valence-electron chi connectivity index (χ3n) is 5.21. The number of carbonyl (C=O) groups is 1. The van der Waals surface area contributed by atoms with Gasteiger partial charge in [-0.1, -0.05) is 26.0 Å². The molecule has 1 N–H and O–H groups in total. The minimum Gasteiger partial charge on any atom is -0.486 e. The first-order chi connectivity index (χ1) is 15.4. The van der Waals surface area contributed by atoms with Crippen LogP contribution >= 0.6 is 12.2 Å². The lowest BCUT2D eigenvalue weighted by molar-refractivity contribution is -0.122. The zero-order valence-corrected chi connectivity index (χ0v) is 19.2. The van der Waals surface area contributed by atoms with Gasteiger partial charge in [-0.25, -0.2) is 0 Å². The van der Waals surface area contributed by atoms with E-state index in [0.717, 1.165) is 17.9 Å². The molecule has 1 fully saturated rings. The van der Waals surface area contributed by atoms with E-state index in [1.165, 1.54) is 10.5 Å². The van der Waals surface area contributed by atoms with Crippen LogP contribution in [-0.2, 0) is 24.5 Å². The van der Waals surface area contributed by atoms with Gasteiger partial charge in [-0.2, -0.15) is 5.10 Å². The van der Waals surface area contributed by atoms with Gasteiger partial charge >= 0.3 is 0 Å². The summed E-state index contributed by atoms with van der Waals surface area (Å²) in [7, 11) is 0. The number of rotatable bonds is 8. The van der Waals surface area contributed by atoms with Gasteiger partial charge in [0.25, 0.3) is 5.91 Å². The van der Waals surface area contributed by atoms with E-state index in [9.17, 15) is 4.79 Å². The number of carbonyl (C=O) groups excluding carboxylic acids is 1. The quantitative estimate of drug-likeness (QED) is 0.404. The number of aryl methyl sites for hydroxylation is 1. The second-order valence-electron chi connectivity index (χ2n) is 7.90. The average molecular weight is 451 g/mol. The molecular formula is C24H26N4O3S. The fourth-order valence-electron chi connectivity index (χ4n) is 3.35. The van der Waals surface area contributed by atoms with Gasteiger partial charge in [-0.3, -0.25) is 14.4 Å². The molecule has 4 rings (SSSR count). The van der Waals surface area contributed by atoms with Gasteiger partial charge in [0.15, 0.2) is 5.11 Å². The summed E-state index contributed by atoms with van der Waals surface area (Å²) in [6, 6.07) is 11.7. The molecule has 0 atom stereocenters. The fourth-order valence-corrected chi connectivity index (χ4v) is 3.61. The van der Waals surface area contributed by atoms with E-state index < -0.39 is 0 Å². The highest BCUT2D eigenvalue weighted by Gasteiger charge is 2.31. The van der Waals surface area contributed by atoms with E-state index in [0.29, 0.717) is 41.4 Å². The topological polar surface area (TPSA) is 72.5 Å². The Morgan fingerprint density at radius 3 is 2.69 bits per heavy atom. The van der Waals surface area contributed by atoms with Crippen LogP contribution in [0.5, 0.6) is 5.75 Å². The summed E-state index contributed by atoms with van der Waals surface area (Å²) < 4.78 is 13.4. The molecule has 7 nitrogen and oxygen atoms in total. The van der Waals surface area contributed by atoms with Crippen LogP contribution in [0.25, 0.3) is 6.08 Å². The van der Waals surface area contributed by atoms with Crippen molar-refractivity contribution in [2.75, 3.05) is 0 Å². The van der Waals surface area contributed by atoms with E-state index in [1.54, 1.807) is 18.3 Å². The van der Waals surface area contributed by atoms with E-state index in [-0.39, 0.29) is 5.91 Å². The third kappa shape index (κ3) is 4.91. The van der Waals surface area contributed by atoms with Crippen LogP contribution in [0.2, 0.25) is 0 Å². The van der Waals surface area contributed by atoms with E-state index in [4.69, 9.17) is 21.4 Å². The number of thiocarbonyl (C=S) groups is 1. The molecule has 1 amide bonds. The molecule has 0 bridgehead atoms. The lowest BCUT2D eigenvalue weighted by atomic mass is 10.0. The normalized spacial score (nSPS) is 15.1. The molecule has 0 radical (unpaired) electrons. The summed E-state index contributed by atoms with van der Waals surface area (Å²) in [6.45, 7) is 7.77. The van der Waals surface area contributed by atoms with Crippen molar-refractivity contribution in [3.8, 4) is 5.75 Å². The number of hydrogen-bond donors (Lipinski definition) is 1. The molecule has 1 aromatic carbocycles. The first kappa shape index (κ1) is 21.8. The number of hydrogen-bond acceptors (Lipinski definition) is 5. The Morgan fingerprint density at radius 1 is 1.22 bits per heavy atom. The summed E-state index contributed by atoms with van der Waals surface area (Å²) in [5.74, 6) is 2.29. The highest BCUT2D eigenvalue weighted by atomic mass is 32.1. The zero-order chi connectivity index (χ0) is 22.7. The van der Waals surface area contributed by atoms with Crippen LogP contribution in [0.1, 0.15) is 49.3 Å². The predicted molar refractivity (Wildman–Crippen MR) is 126 cm³/mol. The highest BCUT2D eigenvalue weighted by Crippen LogP contribution is 2.21. The molecule has 1 saturated heterocycles. The van der Waals surface area contributed by atoms with E-state index in [2.05, 4.69) is 36.4 Å². The maximum absolute atomic E-state index is 12.8. The summed E-state index contributed by atoms with van der Waals surface area (Å²) in [6.07, 6.45) is 5.31. The lowest BCUT2D eigenvalue weighted by Crippen LogP contribution is -2.29. The first-order valence-corrected chi connectivity index (χ1v) is 11.0. The number of nitrogens with zero attached hydrogens (tertiary/aromatic N) is 3. The van der Waals surface area contributed by atoms with Gasteiger partial charge in [0.2, 0.25) is 0 Å². The van der Waals surface area contributed by atoms with E-state index >= 15 is 0 Å². The van der Waals surface area contributed by atoms with Gasteiger partial charge < -0.3 is 14.5 Å². The minimum atomic E-state index is -0.196. The Kier molecular flexibility index (Phi) is 6.41. The molecule has 0 unspecified atom stereocenters. The highest BCUT2D eigenvalue weighted by molar-refractivity contribution is 7.80. The third-order valence-corrected chi connectivity index (χ3v) is 5.53. The monoisotopic (exact) mass is 450 g/mol. The van der Waals surface area contributed by atoms with Crippen molar-refractivity contribution >= 4 is 29.3 Å². The first-order valence-electron chi connectivity index (χ1n) is 10.6. The van der Waals surface area contributed by atoms with Crippen molar-refractivity contribution in [1.82, 2.24) is 20.0 Å². The Bertz CT molecular complexity index is 1140. The molecule has 8 heteroatoms. The number of nitrogens with one attached hydrogen (secondary N) is 1.